The molecule has 0 radical (unpaired) electrons. The number of carboxylic acids is 1. The molecule has 1 atom stereocenters. The van der Waals surface area contributed by atoms with E-state index in [-0.39, 0.29) is 22.8 Å². The zero-order valence-corrected chi connectivity index (χ0v) is 21.2. The van der Waals surface area contributed by atoms with Crippen LogP contribution in [0.15, 0.2) is 42.5 Å². The van der Waals surface area contributed by atoms with Crippen molar-refractivity contribution in [1.29, 1.82) is 0 Å². The summed E-state index contributed by atoms with van der Waals surface area (Å²) in [5.41, 5.74) is 2.86. The highest BCUT2D eigenvalue weighted by Crippen LogP contribution is 2.39. The number of hydrogen-bond acceptors (Lipinski definition) is 4. The Morgan fingerprint density at radius 2 is 1.86 bits per heavy atom. The second-order valence-corrected chi connectivity index (χ2v) is 9.90. The number of amides is 2. The number of piperidine rings is 1. The minimum atomic E-state index is -0.972. The normalized spacial score (nSPS) is 20.2. The number of hydrogen-bond donors (Lipinski definition) is 2. The van der Waals surface area contributed by atoms with Crippen molar-refractivity contribution in [2.24, 2.45) is 5.41 Å². The number of benzene rings is 2. The fraction of sp³-hybridized carbons (Fsp3) is 0.464. The summed E-state index contributed by atoms with van der Waals surface area (Å²) in [6.07, 6.45) is 4.87. The number of rotatable bonds is 10. The summed E-state index contributed by atoms with van der Waals surface area (Å²) in [5, 5.41) is 11.4. The Bertz CT molecular complexity index is 1120. The average Bonchev–Trinajstić information content (AvgIpc) is 3.23. The third-order valence-corrected chi connectivity index (χ3v) is 7.61. The van der Waals surface area contributed by atoms with Crippen LogP contribution in [0, 0.1) is 5.41 Å². The number of carbonyl (C=O) groups excluding carboxylic acids is 2. The van der Waals surface area contributed by atoms with Gasteiger partial charge in [-0.1, -0.05) is 13.0 Å². The molecule has 2 amide bonds. The van der Waals surface area contributed by atoms with E-state index < -0.39 is 5.97 Å². The van der Waals surface area contributed by atoms with Gasteiger partial charge < -0.3 is 25.0 Å². The molecule has 2 aliphatic rings. The Labute approximate surface area is 212 Å². The van der Waals surface area contributed by atoms with Gasteiger partial charge in [0, 0.05) is 49.0 Å². The largest absolute Gasteiger partial charge is 0.495 e. The van der Waals surface area contributed by atoms with E-state index in [1.807, 2.05) is 17.0 Å². The lowest BCUT2D eigenvalue weighted by molar-refractivity contribution is -0.672. The predicted octanol–water partition coefficient (Wildman–Crippen LogP) is 3.20. The Morgan fingerprint density at radius 1 is 1.08 bits per heavy atom. The molecule has 0 saturated carbocycles. The van der Waals surface area contributed by atoms with Crippen molar-refractivity contribution in [3.05, 3.63) is 53.6 Å². The summed E-state index contributed by atoms with van der Waals surface area (Å²) in [5.74, 6) is 0.00123. The SMILES string of the molecule is CCC1(CC[NH2+]Cc2ccc(N3CCCCC3=O)c(OC)c2)CC(=O)N(c2ccc(C(=O)O)cc2)C1. The maximum atomic E-state index is 12.8. The highest BCUT2D eigenvalue weighted by molar-refractivity contribution is 5.97. The molecule has 4 rings (SSSR count). The summed E-state index contributed by atoms with van der Waals surface area (Å²) in [6.45, 7) is 5.20. The average molecular weight is 495 g/mol. The zero-order chi connectivity index (χ0) is 25.7. The van der Waals surface area contributed by atoms with Crippen molar-refractivity contribution < 1.29 is 29.5 Å². The van der Waals surface area contributed by atoms with Gasteiger partial charge in [0.25, 0.3) is 0 Å². The molecule has 8 heteroatoms. The van der Waals surface area contributed by atoms with Gasteiger partial charge in [0.05, 0.1) is 24.9 Å². The predicted molar refractivity (Wildman–Crippen MR) is 137 cm³/mol. The first-order chi connectivity index (χ1) is 17.4. The topological polar surface area (TPSA) is 104 Å². The highest BCUT2D eigenvalue weighted by Gasteiger charge is 2.42. The number of quaternary nitrogens is 1. The van der Waals surface area contributed by atoms with Crippen LogP contribution < -0.4 is 19.9 Å². The number of nitrogens with zero attached hydrogens (tertiary/aromatic N) is 2. The molecule has 0 aliphatic carbocycles. The lowest BCUT2D eigenvalue weighted by atomic mass is 9.81. The van der Waals surface area contributed by atoms with Crippen LogP contribution in [-0.4, -0.2) is 49.6 Å². The first kappa shape index (κ1) is 25.7. The molecular formula is C28H36N3O5+. The number of methoxy groups -OCH3 is 1. The highest BCUT2D eigenvalue weighted by atomic mass is 16.5. The fourth-order valence-corrected chi connectivity index (χ4v) is 5.31. The molecule has 36 heavy (non-hydrogen) atoms. The van der Waals surface area contributed by atoms with E-state index in [0.29, 0.717) is 19.4 Å². The monoisotopic (exact) mass is 494 g/mol. The number of ether oxygens (including phenoxy) is 1. The standard InChI is InChI=1S/C28H35N3O5/c1-3-28(17-26(33)31(19-28)22-10-8-21(9-11-22)27(34)35)13-14-29-18-20-7-12-23(24(16-20)36-2)30-15-5-4-6-25(30)32/h7-12,16,29H,3-6,13-15,17-19H2,1-2H3,(H,34,35)/p+1. The Kier molecular flexibility index (Phi) is 7.94. The van der Waals surface area contributed by atoms with Crippen LogP contribution in [0.3, 0.4) is 0 Å². The molecule has 1 unspecified atom stereocenters. The number of carboxylic acid groups (broad SMARTS) is 1. The second kappa shape index (κ2) is 11.1. The van der Waals surface area contributed by atoms with E-state index in [9.17, 15) is 14.4 Å². The molecule has 192 valence electrons. The van der Waals surface area contributed by atoms with E-state index >= 15 is 0 Å². The van der Waals surface area contributed by atoms with Crippen LogP contribution in [-0.2, 0) is 16.1 Å². The van der Waals surface area contributed by atoms with Crippen molar-refractivity contribution in [2.45, 2.75) is 52.0 Å². The molecule has 3 N–H and O–H groups in total. The van der Waals surface area contributed by atoms with Gasteiger partial charge in [-0.25, -0.2) is 4.79 Å². The first-order valence-corrected chi connectivity index (χ1v) is 12.8. The quantitative estimate of drug-likeness (QED) is 0.494. The summed E-state index contributed by atoms with van der Waals surface area (Å²) < 4.78 is 5.61. The zero-order valence-electron chi connectivity index (χ0n) is 21.2. The number of anilines is 2. The van der Waals surface area contributed by atoms with Gasteiger partial charge in [0.15, 0.2) is 0 Å². The Balaban J connectivity index is 1.34. The third-order valence-electron chi connectivity index (χ3n) is 7.61. The molecule has 0 aromatic heterocycles. The molecule has 0 spiro atoms. The lowest BCUT2D eigenvalue weighted by Crippen LogP contribution is -2.83. The summed E-state index contributed by atoms with van der Waals surface area (Å²) in [6, 6.07) is 12.6. The number of aromatic carboxylic acids is 1. The Hall–Kier alpha value is -3.39. The van der Waals surface area contributed by atoms with Crippen molar-refractivity contribution in [3.63, 3.8) is 0 Å². The molecule has 8 nitrogen and oxygen atoms in total. The molecule has 0 bridgehead atoms. The summed E-state index contributed by atoms with van der Waals surface area (Å²) >= 11 is 0. The van der Waals surface area contributed by atoms with E-state index in [1.54, 1.807) is 36.3 Å². The molecule has 2 aromatic rings. The van der Waals surface area contributed by atoms with E-state index in [2.05, 4.69) is 18.3 Å². The number of nitrogens with two attached hydrogens (primary N) is 1. The van der Waals surface area contributed by atoms with E-state index in [4.69, 9.17) is 9.84 Å². The van der Waals surface area contributed by atoms with Gasteiger partial charge in [0.1, 0.15) is 12.3 Å². The maximum absolute atomic E-state index is 12.8. The van der Waals surface area contributed by atoms with Crippen LogP contribution >= 0.6 is 0 Å². The summed E-state index contributed by atoms with van der Waals surface area (Å²) in [7, 11) is 1.64. The van der Waals surface area contributed by atoms with Gasteiger partial charge in [-0.15, -0.1) is 0 Å². The van der Waals surface area contributed by atoms with Crippen LogP contribution in [0.4, 0.5) is 11.4 Å². The van der Waals surface area contributed by atoms with Gasteiger partial charge in [-0.2, -0.15) is 0 Å². The van der Waals surface area contributed by atoms with E-state index in [1.165, 1.54) is 0 Å². The smallest absolute Gasteiger partial charge is 0.335 e. The van der Waals surface area contributed by atoms with Crippen LogP contribution in [0.2, 0.25) is 0 Å². The molecule has 2 aromatic carbocycles. The van der Waals surface area contributed by atoms with Gasteiger partial charge >= 0.3 is 5.97 Å². The van der Waals surface area contributed by atoms with Crippen LogP contribution in [0.5, 0.6) is 5.75 Å². The first-order valence-electron chi connectivity index (χ1n) is 12.8. The van der Waals surface area contributed by atoms with Crippen LogP contribution in [0.1, 0.15) is 61.4 Å². The molecule has 2 saturated heterocycles. The molecular weight excluding hydrogens is 458 g/mol. The lowest BCUT2D eigenvalue weighted by Gasteiger charge is -2.28. The van der Waals surface area contributed by atoms with Gasteiger partial charge in [0.2, 0.25) is 11.8 Å². The van der Waals surface area contributed by atoms with E-state index in [0.717, 1.165) is 68.0 Å². The van der Waals surface area contributed by atoms with Crippen molar-refractivity contribution in [1.82, 2.24) is 0 Å². The maximum Gasteiger partial charge on any atom is 0.335 e. The molecule has 2 heterocycles. The van der Waals surface area contributed by atoms with Crippen molar-refractivity contribution in [2.75, 3.05) is 36.5 Å². The van der Waals surface area contributed by atoms with Crippen molar-refractivity contribution >= 4 is 29.2 Å². The molecule has 2 fully saturated rings. The van der Waals surface area contributed by atoms with Gasteiger partial charge in [-0.05, 0) is 55.7 Å². The molecule has 2 aliphatic heterocycles. The third kappa shape index (κ3) is 5.54. The van der Waals surface area contributed by atoms with Crippen LogP contribution in [0.25, 0.3) is 0 Å². The minimum absolute atomic E-state index is 0.0881. The van der Waals surface area contributed by atoms with Crippen molar-refractivity contribution in [3.8, 4) is 5.75 Å². The van der Waals surface area contributed by atoms with Gasteiger partial charge in [-0.3, -0.25) is 9.59 Å². The fourth-order valence-electron chi connectivity index (χ4n) is 5.31. The summed E-state index contributed by atoms with van der Waals surface area (Å²) in [4.78, 5) is 39.9. The minimum Gasteiger partial charge on any atom is -0.495 e. The second-order valence-electron chi connectivity index (χ2n) is 9.90. The number of carbonyl (C=O) groups is 3. The Morgan fingerprint density at radius 3 is 2.53 bits per heavy atom.